The zero-order valence-corrected chi connectivity index (χ0v) is 14.4. The summed E-state index contributed by atoms with van der Waals surface area (Å²) in [5.41, 5.74) is 1.23. The topological polar surface area (TPSA) is 76.0 Å². The van der Waals surface area contributed by atoms with Crippen molar-refractivity contribution in [3.63, 3.8) is 0 Å². The van der Waals surface area contributed by atoms with Crippen LogP contribution in [0.15, 0.2) is 4.90 Å². The molecule has 20 heavy (non-hydrogen) atoms. The molecule has 0 aliphatic carbocycles. The van der Waals surface area contributed by atoms with Crippen molar-refractivity contribution in [3.8, 4) is 0 Å². The molecule has 1 atom stereocenters. The maximum atomic E-state index is 12.4. The summed E-state index contributed by atoms with van der Waals surface area (Å²) in [6.45, 7) is 7.34. The van der Waals surface area contributed by atoms with Crippen molar-refractivity contribution in [2.75, 3.05) is 26.4 Å². The monoisotopic (exact) mass is 320 g/mol. The van der Waals surface area contributed by atoms with Crippen LogP contribution >= 0.6 is 11.8 Å². The smallest absolute Gasteiger partial charge is 0.244 e. The first-order chi connectivity index (χ1) is 9.33. The first-order valence-electron chi connectivity index (χ1n) is 6.54. The largest absolute Gasteiger partial charge is 0.318 e. The van der Waals surface area contributed by atoms with E-state index in [9.17, 15) is 8.42 Å². The standard InChI is InChI=1S/C12H24N4O2S2/c1-9(19-5)8-14-20(17,18)12-10(2)15-16(11(12)3)7-6-13-4/h9,13-14H,6-8H2,1-5H3. The van der Waals surface area contributed by atoms with Crippen molar-refractivity contribution in [2.24, 2.45) is 0 Å². The summed E-state index contributed by atoms with van der Waals surface area (Å²) in [6.07, 6.45) is 1.96. The highest BCUT2D eigenvalue weighted by Gasteiger charge is 2.24. The van der Waals surface area contributed by atoms with Gasteiger partial charge in [0.1, 0.15) is 4.90 Å². The zero-order chi connectivity index (χ0) is 15.3. The fraction of sp³-hybridized carbons (Fsp3) is 0.750. The summed E-state index contributed by atoms with van der Waals surface area (Å²) < 4.78 is 29.2. The molecular weight excluding hydrogens is 296 g/mol. The van der Waals surface area contributed by atoms with Crippen LogP contribution in [0.25, 0.3) is 0 Å². The Hall–Kier alpha value is -0.570. The first-order valence-corrected chi connectivity index (χ1v) is 9.31. The van der Waals surface area contributed by atoms with Crippen LogP contribution in [0.3, 0.4) is 0 Å². The summed E-state index contributed by atoms with van der Waals surface area (Å²) in [6, 6.07) is 0. The Labute approximate surface area is 125 Å². The highest BCUT2D eigenvalue weighted by Crippen LogP contribution is 2.19. The van der Waals surface area contributed by atoms with Gasteiger partial charge in [-0.15, -0.1) is 0 Å². The Morgan fingerprint density at radius 3 is 2.60 bits per heavy atom. The molecule has 1 heterocycles. The third-order valence-corrected chi connectivity index (χ3v) is 5.77. The number of nitrogens with zero attached hydrogens (tertiary/aromatic N) is 2. The van der Waals surface area contributed by atoms with Gasteiger partial charge in [0.05, 0.1) is 17.9 Å². The molecule has 2 N–H and O–H groups in total. The summed E-state index contributed by atoms with van der Waals surface area (Å²) in [5, 5.41) is 7.58. The number of rotatable bonds is 8. The normalized spacial score (nSPS) is 13.7. The minimum Gasteiger partial charge on any atom is -0.318 e. The van der Waals surface area contributed by atoms with E-state index < -0.39 is 10.0 Å². The van der Waals surface area contributed by atoms with Crippen molar-refractivity contribution in [2.45, 2.75) is 37.5 Å². The van der Waals surface area contributed by atoms with E-state index in [4.69, 9.17) is 0 Å². The average Bonchev–Trinajstić information content (AvgIpc) is 2.68. The number of aryl methyl sites for hydroxylation is 1. The third-order valence-electron chi connectivity index (χ3n) is 3.12. The SMILES string of the molecule is CNCCn1nc(C)c(S(=O)(=O)NCC(C)SC)c1C. The molecule has 0 aliphatic heterocycles. The number of hydrogen-bond acceptors (Lipinski definition) is 5. The zero-order valence-electron chi connectivity index (χ0n) is 12.7. The lowest BCUT2D eigenvalue weighted by atomic mass is 10.4. The predicted molar refractivity (Wildman–Crippen MR) is 83.8 cm³/mol. The highest BCUT2D eigenvalue weighted by atomic mass is 32.2. The van der Waals surface area contributed by atoms with E-state index in [1.165, 1.54) is 0 Å². The summed E-state index contributed by atoms with van der Waals surface area (Å²) >= 11 is 1.63. The quantitative estimate of drug-likeness (QED) is 0.739. The van der Waals surface area contributed by atoms with Gasteiger partial charge in [-0.3, -0.25) is 4.68 Å². The number of thioether (sulfide) groups is 1. The van der Waals surface area contributed by atoms with Gasteiger partial charge < -0.3 is 5.32 Å². The Morgan fingerprint density at radius 2 is 2.05 bits per heavy atom. The maximum Gasteiger partial charge on any atom is 0.244 e. The Kier molecular flexibility index (Phi) is 6.50. The molecule has 0 amide bonds. The molecule has 6 nitrogen and oxygen atoms in total. The summed E-state index contributed by atoms with van der Waals surface area (Å²) in [4.78, 5) is 0.307. The van der Waals surface area contributed by atoms with Gasteiger partial charge in [0, 0.05) is 18.3 Å². The number of likely N-dealkylation sites (N-methyl/N-ethyl adjacent to an activating group) is 1. The number of hydrogen-bond donors (Lipinski definition) is 2. The van der Waals surface area contributed by atoms with Crippen molar-refractivity contribution < 1.29 is 8.42 Å². The fourth-order valence-corrected chi connectivity index (χ4v) is 3.78. The Bertz CT molecular complexity index is 540. The maximum absolute atomic E-state index is 12.4. The van der Waals surface area contributed by atoms with E-state index in [0.717, 1.165) is 6.54 Å². The van der Waals surface area contributed by atoms with E-state index >= 15 is 0 Å². The second kappa shape index (κ2) is 7.44. The van der Waals surface area contributed by atoms with E-state index in [-0.39, 0.29) is 5.25 Å². The van der Waals surface area contributed by atoms with Crippen LogP contribution in [0.5, 0.6) is 0 Å². The Balaban J connectivity index is 2.97. The van der Waals surface area contributed by atoms with Gasteiger partial charge in [-0.1, -0.05) is 6.92 Å². The van der Waals surface area contributed by atoms with Crippen LogP contribution in [0.2, 0.25) is 0 Å². The molecule has 1 unspecified atom stereocenters. The molecule has 0 spiro atoms. The van der Waals surface area contributed by atoms with Crippen molar-refractivity contribution >= 4 is 21.8 Å². The molecule has 0 aliphatic rings. The fourth-order valence-electron chi connectivity index (χ4n) is 1.89. The summed E-state index contributed by atoms with van der Waals surface area (Å²) in [7, 11) is -1.64. The second-order valence-corrected chi connectivity index (χ2v) is 7.70. The van der Waals surface area contributed by atoms with E-state index in [0.29, 0.717) is 29.4 Å². The van der Waals surface area contributed by atoms with Crippen LogP contribution in [-0.4, -0.2) is 49.8 Å². The van der Waals surface area contributed by atoms with Crippen molar-refractivity contribution in [1.82, 2.24) is 19.8 Å². The molecule has 116 valence electrons. The molecule has 0 aromatic carbocycles. The molecule has 1 aromatic heterocycles. The van der Waals surface area contributed by atoms with Gasteiger partial charge in [-0.05, 0) is 27.2 Å². The van der Waals surface area contributed by atoms with Crippen LogP contribution in [0.1, 0.15) is 18.3 Å². The van der Waals surface area contributed by atoms with Crippen LogP contribution in [-0.2, 0) is 16.6 Å². The van der Waals surface area contributed by atoms with Gasteiger partial charge in [0.25, 0.3) is 0 Å². The highest BCUT2D eigenvalue weighted by molar-refractivity contribution is 7.99. The lowest BCUT2D eigenvalue weighted by molar-refractivity contribution is 0.564. The van der Waals surface area contributed by atoms with Gasteiger partial charge >= 0.3 is 0 Å². The van der Waals surface area contributed by atoms with E-state index in [1.807, 2.05) is 20.2 Å². The number of aromatic nitrogens is 2. The minimum atomic E-state index is -3.50. The number of nitrogens with one attached hydrogen (secondary N) is 2. The molecule has 0 bridgehead atoms. The van der Waals surface area contributed by atoms with E-state index in [2.05, 4.69) is 15.1 Å². The summed E-state index contributed by atoms with van der Waals surface area (Å²) in [5.74, 6) is 0. The van der Waals surface area contributed by atoms with Gasteiger partial charge in [-0.25, -0.2) is 13.1 Å². The number of sulfonamides is 1. The van der Waals surface area contributed by atoms with Gasteiger partial charge in [0.2, 0.25) is 10.0 Å². The molecule has 0 saturated heterocycles. The lowest BCUT2D eigenvalue weighted by Gasteiger charge is -2.11. The molecule has 1 aromatic rings. The van der Waals surface area contributed by atoms with Crippen LogP contribution in [0.4, 0.5) is 0 Å². The molecule has 0 fully saturated rings. The van der Waals surface area contributed by atoms with Crippen molar-refractivity contribution in [3.05, 3.63) is 11.4 Å². The Morgan fingerprint density at radius 1 is 1.40 bits per heavy atom. The minimum absolute atomic E-state index is 0.240. The van der Waals surface area contributed by atoms with Gasteiger partial charge in [0.15, 0.2) is 0 Å². The third kappa shape index (κ3) is 4.21. The second-order valence-electron chi connectivity index (χ2n) is 4.72. The molecule has 1 rings (SSSR count). The molecule has 0 radical (unpaired) electrons. The molecule has 8 heteroatoms. The lowest BCUT2D eigenvalue weighted by Crippen LogP contribution is -2.30. The van der Waals surface area contributed by atoms with Crippen LogP contribution < -0.4 is 10.0 Å². The molecular formula is C12H24N4O2S2. The first kappa shape index (κ1) is 17.5. The predicted octanol–water partition coefficient (Wildman–Crippen LogP) is 0.749. The molecule has 0 saturated carbocycles. The average molecular weight is 320 g/mol. The van der Waals surface area contributed by atoms with E-state index in [1.54, 1.807) is 30.3 Å². The van der Waals surface area contributed by atoms with Gasteiger partial charge in [-0.2, -0.15) is 16.9 Å². The van der Waals surface area contributed by atoms with Crippen LogP contribution in [0, 0.1) is 13.8 Å². The van der Waals surface area contributed by atoms with Crippen molar-refractivity contribution in [1.29, 1.82) is 0 Å².